The van der Waals surface area contributed by atoms with Gasteiger partial charge in [0.2, 0.25) is 0 Å². The number of hydrogen-bond acceptors (Lipinski definition) is 2. The van der Waals surface area contributed by atoms with Crippen LogP contribution in [0.15, 0.2) is 24.3 Å². The third-order valence-corrected chi connectivity index (χ3v) is 5.16. The number of hydrogen-bond donors (Lipinski definition) is 1. The van der Waals surface area contributed by atoms with Gasteiger partial charge in [-0.25, -0.2) is 4.39 Å². The van der Waals surface area contributed by atoms with Crippen molar-refractivity contribution < 1.29 is 9.50 Å². The minimum Gasteiger partial charge on any atom is -0.393 e. The summed E-state index contributed by atoms with van der Waals surface area (Å²) in [5.74, 6) is 1.24. The average molecular weight is 293 g/mol. The topological polar surface area (TPSA) is 23.5 Å². The van der Waals surface area contributed by atoms with E-state index in [-0.39, 0.29) is 23.9 Å². The molecule has 1 aliphatic rings. The first kappa shape index (κ1) is 16.4. The maximum atomic E-state index is 13.9. The number of rotatable bonds is 4. The summed E-state index contributed by atoms with van der Waals surface area (Å²) in [5.41, 5.74) is 0.728. The third kappa shape index (κ3) is 3.83. The lowest BCUT2D eigenvalue weighted by Crippen LogP contribution is -2.42. The second kappa shape index (κ2) is 6.89. The summed E-state index contributed by atoms with van der Waals surface area (Å²) in [6.45, 7) is 7.28. The monoisotopic (exact) mass is 293 g/mol. The standard InChI is InChI=1S/C18H28FNO/c1-12-9-13(2)16(18(21)10-12)11-20(4)14(3)15-7-5-6-8-17(15)19/h5-8,12-14,16,18,21H,9-11H2,1-4H3. The maximum Gasteiger partial charge on any atom is 0.127 e. The quantitative estimate of drug-likeness (QED) is 0.911. The minimum absolute atomic E-state index is 0.0185. The van der Waals surface area contributed by atoms with E-state index in [2.05, 4.69) is 18.7 Å². The Balaban J connectivity index is 2.03. The van der Waals surface area contributed by atoms with Gasteiger partial charge in [-0.05, 0) is 44.7 Å². The summed E-state index contributed by atoms with van der Waals surface area (Å²) in [4.78, 5) is 2.17. The van der Waals surface area contributed by atoms with Crippen molar-refractivity contribution in [2.24, 2.45) is 17.8 Å². The molecular weight excluding hydrogens is 265 g/mol. The molecule has 3 heteroatoms. The van der Waals surface area contributed by atoms with Crippen LogP contribution in [0.1, 0.15) is 45.2 Å². The van der Waals surface area contributed by atoms with Gasteiger partial charge >= 0.3 is 0 Å². The van der Waals surface area contributed by atoms with Crippen LogP contribution >= 0.6 is 0 Å². The van der Waals surface area contributed by atoms with Crippen LogP contribution in [0.4, 0.5) is 4.39 Å². The molecule has 0 saturated heterocycles. The molecule has 118 valence electrons. The van der Waals surface area contributed by atoms with Crippen molar-refractivity contribution in [3.05, 3.63) is 35.6 Å². The van der Waals surface area contributed by atoms with Gasteiger partial charge < -0.3 is 5.11 Å². The second-order valence-electron chi connectivity index (χ2n) is 6.92. The van der Waals surface area contributed by atoms with Crippen LogP contribution in [0.2, 0.25) is 0 Å². The molecule has 0 bridgehead atoms. The largest absolute Gasteiger partial charge is 0.393 e. The summed E-state index contributed by atoms with van der Waals surface area (Å²) in [6, 6.07) is 6.98. The van der Waals surface area contributed by atoms with Crippen LogP contribution in [0.5, 0.6) is 0 Å². The molecule has 0 spiro atoms. The van der Waals surface area contributed by atoms with Crippen molar-refractivity contribution in [2.45, 2.75) is 45.8 Å². The van der Waals surface area contributed by atoms with E-state index in [9.17, 15) is 9.50 Å². The Labute approximate surface area is 128 Å². The highest BCUT2D eigenvalue weighted by molar-refractivity contribution is 5.20. The van der Waals surface area contributed by atoms with Crippen molar-refractivity contribution in [1.82, 2.24) is 4.90 Å². The van der Waals surface area contributed by atoms with E-state index >= 15 is 0 Å². The molecule has 0 aromatic heterocycles. The molecule has 2 rings (SSSR count). The van der Waals surface area contributed by atoms with Crippen molar-refractivity contribution in [3.63, 3.8) is 0 Å². The van der Waals surface area contributed by atoms with Gasteiger partial charge in [-0.1, -0.05) is 32.0 Å². The summed E-state index contributed by atoms with van der Waals surface area (Å²) in [6.07, 6.45) is 1.82. The summed E-state index contributed by atoms with van der Waals surface area (Å²) in [5, 5.41) is 10.4. The Hall–Kier alpha value is -0.930. The zero-order valence-electron chi connectivity index (χ0n) is 13.6. The molecule has 1 aliphatic carbocycles. The fraction of sp³-hybridized carbons (Fsp3) is 0.667. The Morgan fingerprint density at radius 1 is 1.29 bits per heavy atom. The van der Waals surface area contributed by atoms with Gasteiger partial charge in [-0.15, -0.1) is 0 Å². The summed E-state index contributed by atoms with van der Waals surface area (Å²) in [7, 11) is 2.02. The number of aliphatic hydroxyl groups is 1. The summed E-state index contributed by atoms with van der Waals surface area (Å²) < 4.78 is 13.9. The van der Waals surface area contributed by atoms with E-state index in [0.717, 1.165) is 18.5 Å². The van der Waals surface area contributed by atoms with Gasteiger partial charge in [-0.2, -0.15) is 0 Å². The fourth-order valence-electron chi connectivity index (χ4n) is 3.72. The summed E-state index contributed by atoms with van der Waals surface area (Å²) >= 11 is 0. The first-order chi connectivity index (χ1) is 9.90. The van der Waals surface area contributed by atoms with Gasteiger partial charge in [0.15, 0.2) is 0 Å². The van der Waals surface area contributed by atoms with Crippen molar-refractivity contribution in [1.29, 1.82) is 0 Å². The minimum atomic E-state index is -0.237. The van der Waals surface area contributed by atoms with E-state index in [0.29, 0.717) is 11.8 Å². The molecule has 1 fully saturated rings. The lowest BCUT2D eigenvalue weighted by molar-refractivity contribution is -0.00348. The molecular formula is C18H28FNO. The van der Waals surface area contributed by atoms with E-state index in [1.165, 1.54) is 12.5 Å². The zero-order valence-corrected chi connectivity index (χ0v) is 13.6. The van der Waals surface area contributed by atoms with Gasteiger partial charge in [0, 0.05) is 24.1 Å². The number of nitrogens with zero attached hydrogens (tertiary/aromatic N) is 1. The van der Waals surface area contributed by atoms with Crippen molar-refractivity contribution in [2.75, 3.05) is 13.6 Å². The Bertz CT molecular complexity index is 452. The molecule has 0 aliphatic heterocycles. The second-order valence-corrected chi connectivity index (χ2v) is 6.92. The third-order valence-electron chi connectivity index (χ3n) is 5.16. The van der Waals surface area contributed by atoms with Gasteiger partial charge in [0.05, 0.1) is 6.10 Å². The maximum absolute atomic E-state index is 13.9. The Kier molecular flexibility index (Phi) is 5.39. The SMILES string of the molecule is CC1CC(C)C(CN(C)C(C)c2ccccc2F)C(O)C1. The van der Waals surface area contributed by atoms with Crippen LogP contribution in [-0.2, 0) is 0 Å². The van der Waals surface area contributed by atoms with Gasteiger partial charge in [0.1, 0.15) is 5.82 Å². The Morgan fingerprint density at radius 2 is 1.95 bits per heavy atom. The molecule has 0 radical (unpaired) electrons. The molecule has 1 saturated carbocycles. The molecule has 5 atom stereocenters. The molecule has 1 aromatic rings. The Morgan fingerprint density at radius 3 is 2.57 bits per heavy atom. The van der Waals surface area contributed by atoms with Gasteiger partial charge in [-0.3, -0.25) is 4.90 Å². The van der Waals surface area contributed by atoms with Crippen LogP contribution in [-0.4, -0.2) is 29.7 Å². The highest BCUT2D eigenvalue weighted by atomic mass is 19.1. The normalized spacial score (nSPS) is 31.4. The van der Waals surface area contributed by atoms with Crippen LogP contribution in [0.3, 0.4) is 0 Å². The molecule has 1 N–H and O–H groups in total. The molecule has 1 aromatic carbocycles. The predicted octanol–water partition coefficient (Wildman–Crippen LogP) is 3.86. The molecule has 0 amide bonds. The molecule has 0 heterocycles. The van der Waals surface area contributed by atoms with Crippen LogP contribution < -0.4 is 0 Å². The first-order valence-electron chi connectivity index (χ1n) is 8.02. The van der Waals surface area contributed by atoms with Gasteiger partial charge in [0.25, 0.3) is 0 Å². The van der Waals surface area contributed by atoms with E-state index < -0.39 is 0 Å². The highest BCUT2D eigenvalue weighted by Gasteiger charge is 2.34. The zero-order chi connectivity index (χ0) is 15.6. The number of halogens is 1. The lowest BCUT2D eigenvalue weighted by atomic mass is 9.73. The van der Waals surface area contributed by atoms with Crippen LogP contribution in [0, 0.1) is 23.6 Å². The van der Waals surface area contributed by atoms with Crippen molar-refractivity contribution in [3.8, 4) is 0 Å². The number of benzene rings is 1. The van der Waals surface area contributed by atoms with E-state index in [1.54, 1.807) is 6.07 Å². The predicted molar refractivity (Wildman–Crippen MR) is 84.5 cm³/mol. The molecule has 21 heavy (non-hydrogen) atoms. The van der Waals surface area contributed by atoms with E-state index in [4.69, 9.17) is 0 Å². The van der Waals surface area contributed by atoms with Crippen molar-refractivity contribution >= 4 is 0 Å². The smallest absolute Gasteiger partial charge is 0.127 e. The van der Waals surface area contributed by atoms with E-state index in [1.807, 2.05) is 26.1 Å². The van der Waals surface area contributed by atoms with Crippen LogP contribution in [0.25, 0.3) is 0 Å². The highest BCUT2D eigenvalue weighted by Crippen LogP contribution is 2.35. The first-order valence-corrected chi connectivity index (χ1v) is 8.02. The fourth-order valence-corrected chi connectivity index (χ4v) is 3.72. The molecule has 5 unspecified atom stereocenters. The lowest BCUT2D eigenvalue weighted by Gasteiger charge is -2.40. The molecule has 2 nitrogen and oxygen atoms in total. The number of aliphatic hydroxyl groups excluding tert-OH is 1. The average Bonchev–Trinajstić information content (AvgIpc) is 2.42.